The molecule has 1 aliphatic heterocycles. The van der Waals surface area contributed by atoms with Crippen LogP contribution in [0.25, 0.3) is 21.9 Å². The highest BCUT2D eigenvalue weighted by Gasteiger charge is 2.18. The topological polar surface area (TPSA) is 82.0 Å². The molecule has 0 saturated carbocycles. The quantitative estimate of drug-likeness (QED) is 0.346. The van der Waals surface area contributed by atoms with Crippen molar-refractivity contribution in [3.05, 3.63) is 78.9 Å². The minimum atomic E-state index is -0.0699. The molecule has 6 heteroatoms. The number of carbonyl (C=O) groups is 1. The van der Waals surface area contributed by atoms with Gasteiger partial charge in [-0.3, -0.25) is 9.69 Å². The predicted octanol–water partition coefficient (Wildman–Crippen LogP) is 5.74. The largest absolute Gasteiger partial charge is 0.508 e. The van der Waals surface area contributed by atoms with Gasteiger partial charge in [-0.2, -0.15) is 0 Å². The lowest BCUT2D eigenvalue weighted by molar-refractivity contribution is -0.117. The van der Waals surface area contributed by atoms with Gasteiger partial charge in [-0.25, -0.2) is 0 Å². The fraction of sp³-hybridized carbons (Fsp3) is 0.179. The first-order valence-corrected chi connectivity index (χ1v) is 11.4. The number of likely N-dealkylation sites (tertiary alicyclic amines) is 1. The molecule has 0 unspecified atom stereocenters. The van der Waals surface area contributed by atoms with E-state index in [9.17, 15) is 15.0 Å². The number of nitrogens with one attached hydrogen (secondary N) is 1. The fourth-order valence-corrected chi connectivity index (χ4v) is 4.37. The van der Waals surface area contributed by atoms with E-state index in [1.807, 2.05) is 54.6 Å². The molecule has 1 saturated heterocycles. The Kier molecular flexibility index (Phi) is 6.06. The zero-order chi connectivity index (χ0) is 23.5. The summed E-state index contributed by atoms with van der Waals surface area (Å²) in [5, 5.41) is 24.3. The number of fused-ring (bicyclic) bond motifs is 1. The van der Waals surface area contributed by atoms with Crippen LogP contribution in [0.3, 0.4) is 0 Å². The Labute approximate surface area is 198 Å². The number of nitrogens with zero attached hydrogens (tertiary/aromatic N) is 1. The van der Waals surface area contributed by atoms with Crippen molar-refractivity contribution < 1.29 is 19.7 Å². The molecular weight excluding hydrogens is 428 g/mol. The Hall–Kier alpha value is -4.03. The van der Waals surface area contributed by atoms with Crippen LogP contribution in [-0.2, 0) is 4.79 Å². The second-order valence-corrected chi connectivity index (χ2v) is 8.52. The molecule has 1 fully saturated rings. The van der Waals surface area contributed by atoms with Gasteiger partial charge in [0.15, 0.2) is 5.75 Å². The normalized spacial score (nSPS) is 13.8. The molecule has 5 rings (SSSR count). The third-order valence-electron chi connectivity index (χ3n) is 6.07. The summed E-state index contributed by atoms with van der Waals surface area (Å²) in [6.45, 7) is 2.26. The van der Waals surface area contributed by atoms with Crippen LogP contribution in [0.4, 0.5) is 5.69 Å². The Balaban J connectivity index is 1.52. The maximum atomic E-state index is 12.7. The highest BCUT2D eigenvalue weighted by atomic mass is 16.5. The average molecular weight is 455 g/mol. The summed E-state index contributed by atoms with van der Waals surface area (Å²) in [6.07, 6.45) is 2.26. The molecule has 34 heavy (non-hydrogen) atoms. The number of anilines is 1. The van der Waals surface area contributed by atoms with Crippen LogP contribution in [0, 0.1) is 0 Å². The summed E-state index contributed by atoms with van der Waals surface area (Å²) in [5.74, 6) is 1.41. The van der Waals surface area contributed by atoms with Crippen LogP contribution in [0.15, 0.2) is 78.9 Å². The molecule has 4 aromatic carbocycles. The van der Waals surface area contributed by atoms with Crippen molar-refractivity contribution in [1.29, 1.82) is 0 Å². The standard InChI is InChI=1S/C28H26N2O4/c31-21-10-7-19(8-11-21)23-13-9-20-17-22(32)12-14-24(20)28(23)34-26-6-2-1-5-25(26)29-27(33)18-30-15-3-4-16-30/h1-2,5-14,17,31-32H,3-4,15-16,18H2,(H,29,33). The maximum absolute atomic E-state index is 12.7. The molecule has 1 heterocycles. The van der Waals surface area contributed by atoms with Crippen LogP contribution in [-0.4, -0.2) is 40.7 Å². The molecule has 0 aliphatic carbocycles. The number of aromatic hydroxyl groups is 2. The highest BCUT2D eigenvalue weighted by molar-refractivity contribution is 5.97. The number of rotatable bonds is 6. The second-order valence-electron chi connectivity index (χ2n) is 8.52. The van der Waals surface area contributed by atoms with Gasteiger partial charge in [-0.1, -0.05) is 30.3 Å². The molecule has 3 N–H and O–H groups in total. The molecule has 1 aliphatic rings. The minimum Gasteiger partial charge on any atom is -0.508 e. The van der Waals surface area contributed by atoms with Crippen molar-refractivity contribution >= 4 is 22.4 Å². The van der Waals surface area contributed by atoms with E-state index in [4.69, 9.17) is 4.74 Å². The maximum Gasteiger partial charge on any atom is 0.238 e. The van der Waals surface area contributed by atoms with E-state index in [1.165, 1.54) is 0 Å². The second kappa shape index (κ2) is 9.45. The average Bonchev–Trinajstić information content (AvgIpc) is 3.34. The van der Waals surface area contributed by atoms with Crippen molar-refractivity contribution in [3.8, 4) is 34.1 Å². The van der Waals surface area contributed by atoms with Crippen LogP contribution in [0.2, 0.25) is 0 Å². The molecular formula is C28H26N2O4. The van der Waals surface area contributed by atoms with Gasteiger partial charge in [0.2, 0.25) is 5.91 Å². The SMILES string of the molecule is O=C(CN1CCCC1)Nc1ccccc1Oc1c(-c2ccc(O)cc2)ccc2cc(O)ccc12. The molecule has 1 amide bonds. The third-order valence-corrected chi connectivity index (χ3v) is 6.07. The number of hydrogen-bond acceptors (Lipinski definition) is 5. The Morgan fingerprint density at radius 2 is 1.62 bits per heavy atom. The number of amides is 1. The number of phenolic OH excluding ortho intramolecular Hbond substituents is 2. The summed E-state index contributed by atoms with van der Waals surface area (Å²) in [4.78, 5) is 14.8. The lowest BCUT2D eigenvalue weighted by atomic mass is 9.99. The summed E-state index contributed by atoms with van der Waals surface area (Å²) < 4.78 is 6.48. The lowest BCUT2D eigenvalue weighted by Crippen LogP contribution is -2.30. The van der Waals surface area contributed by atoms with E-state index in [0.29, 0.717) is 23.7 Å². The van der Waals surface area contributed by atoms with E-state index in [0.717, 1.165) is 47.8 Å². The van der Waals surface area contributed by atoms with Crippen LogP contribution >= 0.6 is 0 Å². The summed E-state index contributed by atoms with van der Waals surface area (Å²) in [6, 6.07) is 23.3. The van der Waals surface area contributed by atoms with Crippen molar-refractivity contribution in [2.75, 3.05) is 25.0 Å². The molecule has 172 valence electrons. The van der Waals surface area contributed by atoms with Crippen molar-refractivity contribution in [2.24, 2.45) is 0 Å². The van der Waals surface area contributed by atoms with Gasteiger partial charge < -0.3 is 20.3 Å². The summed E-state index contributed by atoms with van der Waals surface area (Å²) >= 11 is 0. The van der Waals surface area contributed by atoms with Crippen molar-refractivity contribution in [1.82, 2.24) is 4.90 Å². The number of phenols is 2. The van der Waals surface area contributed by atoms with E-state index >= 15 is 0 Å². The summed E-state index contributed by atoms with van der Waals surface area (Å²) in [5.41, 5.74) is 2.30. The number of benzene rings is 4. The number of hydrogen-bond donors (Lipinski definition) is 3. The van der Waals surface area contributed by atoms with E-state index in [1.54, 1.807) is 24.3 Å². The van der Waals surface area contributed by atoms with Gasteiger partial charge in [0.1, 0.15) is 17.2 Å². The van der Waals surface area contributed by atoms with Crippen molar-refractivity contribution in [2.45, 2.75) is 12.8 Å². The zero-order valence-corrected chi connectivity index (χ0v) is 18.7. The van der Waals surface area contributed by atoms with Gasteiger partial charge in [0, 0.05) is 10.9 Å². The molecule has 4 aromatic rings. The van der Waals surface area contributed by atoms with E-state index < -0.39 is 0 Å². The van der Waals surface area contributed by atoms with Crippen LogP contribution < -0.4 is 10.1 Å². The van der Waals surface area contributed by atoms with Crippen molar-refractivity contribution in [3.63, 3.8) is 0 Å². The molecule has 0 aromatic heterocycles. The third kappa shape index (κ3) is 4.67. The van der Waals surface area contributed by atoms with Crippen LogP contribution in [0.5, 0.6) is 23.0 Å². The van der Waals surface area contributed by atoms with Crippen LogP contribution in [0.1, 0.15) is 12.8 Å². The monoisotopic (exact) mass is 454 g/mol. The van der Waals surface area contributed by atoms with Gasteiger partial charge in [0.25, 0.3) is 0 Å². The van der Waals surface area contributed by atoms with E-state index in [2.05, 4.69) is 10.2 Å². The Bertz CT molecular complexity index is 1330. The van der Waals surface area contributed by atoms with Gasteiger partial charge in [-0.05, 0) is 85.4 Å². The number of carbonyl (C=O) groups excluding carboxylic acids is 1. The van der Waals surface area contributed by atoms with E-state index in [-0.39, 0.29) is 17.4 Å². The van der Waals surface area contributed by atoms with Gasteiger partial charge >= 0.3 is 0 Å². The summed E-state index contributed by atoms with van der Waals surface area (Å²) in [7, 11) is 0. The Morgan fingerprint density at radius 3 is 2.41 bits per heavy atom. The first-order valence-electron chi connectivity index (χ1n) is 11.4. The molecule has 0 atom stereocenters. The first kappa shape index (κ1) is 21.8. The Morgan fingerprint density at radius 1 is 0.882 bits per heavy atom. The lowest BCUT2D eigenvalue weighted by Gasteiger charge is -2.18. The first-order chi connectivity index (χ1) is 16.6. The number of para-hydroxylation sites is 2. The molecule has 6 nitrogen and oxygen atoms in total. The smallest absolute Gasteiger partial charge is 0.238 e. The zero-order valence-electron chi connectivity index (χ0n) is 18.7. The fourth-order valence-electron chi connectivity index (χ4n) is 4.37. The number of ether oxygens (including phenoxy) is 1. The predicted molar refractivity (Wildman–Crippen MR) is 134 cm³/mol. The molecule has 0 spiro atoms. The highest BCUT2D eigenvalue weighted by Crippen LogP contribution is 2.42. The minimum absolute atomic E-state index is 0.0699. The van der Waals surface area contributed by atoms with Gasteiger partial charge in [-0.15, -0.1) is 0 Å². The van der Waals surface area contributed by atoms with Gasteiger partial charge in [0.05, 0.1) is 12.2 Å². The molecule has 0 bridgehead atoms. The molecule has 0 radical (unpaired) electrons.